The van der Waals surface area contributed by atoms with Crippen molar-refractivity contribution >= 4 is 17.9 Å². The SMILES string of the molecule is CCCCCCC/C=C\C/C=C\CCCCCCCCCCCCCCCCCC(=O)OCC(COC(=O)CCCCCCC/C=C\CCCCCCC)OC(=O)CCCCCCC/C=C\CCCCCCCC. The molecule has 0 fully saturated rings. The summed E-state index contributed by atoms with van der Waals surface area (Å²) in [5.41, 5.74) is 0. The van der Waals surface area contributed by atoms with E-state index in [2.05, 4.69) is 69.4 Å². The molecule has 0 aliphatic rings. The summed E-state index contributed by atoms with van der Waals surface area (Å²) in [7, 11) is 0. The van der Waals surface area contributed by atoms with E-state index in [-0.39, 0.29) is 31.1 Å². The van der Waals surface area contributed by atoms with Gasteiger partial charge in [-0.1, -0.05) is 275 Å². The van der Waals surface area contributed by atoms with Gasteiger partial charge in [-0.25, -0.2) is 0 Å². The molecule has 0 heterocycles. The van der Waals surface area contributed by atoms with Crippen molar-refractivity contribution in [2.75, 3.05) is 13.2 Å². The fourth-order valence-electron chi connectivity index (χ4n) is 9.58. The highest BCUT2D eigenvalue weighted by Crippen LogP contribution is 2.17. The highest BCUT2D eigenvalue weighted by molar-refractivity contribution is 5.71. The Hall–Kier alpha value is -2.63. The monoisotopic (exact) mass is 1040 g/mol. The highest BCUT2D eigenvalue weighted by Gasteiger charge is 2.19. The van der Waals surface area contributed by atoms with E-state index in [0.717, 1.165) is 77.0 Å². The number of carbonyl (C=O) groups is 3. The fourth-order valence-corrected chi connectivity index (χ4v) is 9.58. The summed E-state index contributed by atoms with van der Waals surface area (Å²) in [5, 5.41) is 0. The molecular weight excluding hydrogens is 913 g/mol. The van der Waals surface area contributed by atoms with E-state index in [1.807, 2.05) is 0 Å². The molecule has 432 valence electrons. The average molecular weight is 1040 g/mol. The fraction of sp³-hybridized carbons (Fsp3) is 0.838. The second kappa shape index (κ2) is 62.9. The first kappa shape index (κ1) is 71.4. The van der Waals surface area contributed by atoms with Gasteiger partial charge in [-0.2, -0.15) is 0 Å². The minimum atomic E-state index is -0.780. The largest absolute Gasteiger partial charge is 0.462 e. The zero-order valence-corrected chi connectivity index (χ0v) is 49.6. The van der Waals surface area contributed by atoms with Crippen LogP contribution in [0.4, 0.5) is 0 Å². The third-order valence-corrected chi connectivity index (χ3v) is 14.5. The first-order chi connectivity index (χ1) is 36.5. The van der Waals surface area contributed by atoms with Crippen molar-refractivity contribution in [1.29, 1.82) is 0 Å². The lowest BCUT2D eigenvalue weighted by atomic mass is 10.0. The number of carbonyl (C=O) groups excluding carboxylic acids is 3. The number of hydrogen-bond donors (Lipinski definition) is 0. The van der Waals surface area contributed by atoms with Crippen LogP contribution in [0.3, 0.4) is 0 Å². The summed E-state index contributed by atoms with van der Waals surface area (Å²) >= 11 is 0. The van der Waals surface area contributed by atoms with Gasteiger partial charge in [0.15, 0.2) is 6.10 Å². The minimum Gasteiger partial charge on any atom is -0.462 e. The Kier molecular flexibility index (Phi) is 60.7. The van der Waals surface area contributed by atoms with Crippen molar-refractivity contribution in [2.45, 2.75) is 354 Å². The quantitative estimate of drug-likeness (QED) is 0.0261. The van der Waals surface area contributed by atoms with Crippen LogP contribution in [-0.2, 0) is 28.6 Å². The van der Waals surface area contributed by atoms with Gasteiger partial charge in [0.05, 0.1) is 0 Å². The Morgan fingerprint density at radius 2 is 0.486 bits per heavy atom. The zero-order valence-electron chi connectivity index (χ0n) is 49.6. The summed E-state index contributed by atoms with van der Waals surface area (Å²) in [6.45, 7) is 6.65. The predicted molar refractivity (Wildman–Crippen MR) is 321 cm³/mol. The molecule has 0 saturated heterocycles. The van der Waals surface area contributed by atoms with Crippen molar-refractivity contribution in [2.24, 2.45) is 0 Å². The molecule has 0 spiro atoms. The molecular formula is C68H124O6. The molecule has 0 saturated carbocycles. The van der Waals surface area contributed by atoms with Gasteiger partial charge in [-0.3, -0.25) is 14.4 Å². The number of esters is 3. The third-order valence-electron chi connectivity index (χ3n) is 14.5. The van der Waals surface area contributed by atoms with Gasteiger partial charge in [0.1, 0.15) is 13.2 Å². The minimum absolute atomic E-state index is 0.0762. The van der Waals surface area contributed by atoms with Gasteiger partial charge in [-0.05, 0) is 103 Å². The maximum absolute atomic E-state index is 12.9. The predicted octanol–water partition coefficient (Wildman–Crippen LogP) is 22.2. The number of hydrogen-bond acceptors (Lipinski definition) is 6. The van der Waals surface area contributed by atoms with E-state index >= 15 is 0 Å². The normalized spacial score (nSPS) is 12.3. The van der Waals surface area contributed by atoms with Gasteiger partial charge in [0.2, 0.25) is 0 Å². The van der Waals surface area contributed by atoms with Crippen LogP contribution in [0.15, 0.2) is 48.6 Å². The summed E-state index contributed by atoms with van der Waals surface area (Å²) in [4.78, 5) is 38.3. The first-order valence-electron chi connectivity index (χ1n) is 32.6. The Bertz CT molecular complexity index is 1280. The van der Waals surface area contributed by atoms with Gasteiger partial charge in [0.25, 0.3) is 0 Å². The lowest BCUT2D eigenvalue weighted by molar-refractivity contribution is -0.167. The van der Waals surface area contributed by atoms with Crippen molar-refractivity contribution in [1.82, 2.24) is 0 Å². The van der Waals surface area contributed by atoms with Crippen LogP contribution in [0, 0.1) is 0 Å². The van der Waals surface area contributed by atoms with Crippen LogP contribution < -0.4 is 0 Å². The van der Waals surface area contributed by atoms with Crippen molar-refractivity contribution in [3.8, 4) is 0 Å². The molecule has 0 bridgehead atoms. The van der Waals surface area contributed by atoms with Gasteiger partial charge in [-0.15, -0.1) is 0 Å². The lowest BCUT2D eigenvalue weighted by Gasteiger charge is -2.18. The molecule has 6 nitrogen and oxygen atoms in total. The molecule has 0 amide bonds. The van der Waals surface area contributed by atoms with Crippen LogP contribution in [0.5, 0.6) is 0 Å². The maximum Gasteiger partial charge on any atom is 0.306 e. The van der Waals surface area contributed by atoms with Crippen molar-refractivity contribution < 1.29 is 28.6 Å². The second-order valence-electron chi connectivity index (χ2n) is 22.0. The summed E-state index contributed by atoms with van der Waals surface area (Å²) < 4.78 is 16.9. The molecule has 74 heavy (non-hydrogen) atoms. The topological polar surface area (TPSA) is 78.9 Å². The summed E-state index contributed by atoms with van der Waals surface area (Å²) in [5.74, 6) is -0.875. The number of ether oxygens (including phenoxy) is 3. The lowest BCUT2D eigenvalue weighted by Crippen LogP contribution is -2.30. The van der Waals surface area contributed by atoms with Crippen molar-refractivity contribution in [3.63, 3.8) is 0 Å². The molecule has 0 radical (unpaired) electrons. The zero-order chi connectivity index (χ0) is 53.6. The van der Waals surface area contributed by atoms with Crippen LogP contribution in [-0.4, -0.2) is 37.2 Å². The van der Waals surface area contributed by atoms with Gasteiger partial charge < -0.3 is 14.2 Å². The third kappa shape index (κ3) is 60.2. The maximum atomic E-state index is 12.9. The van der Waals surface area contributed by atoms with Crippen LogP contribution >= 0.6 is 0 Å². The van der Waals surface area contributed by atoms with E-state index in [1.54, 1.807) is 0 Å². The Morgan fingerprint density at radius 3 is 0.757 bits per heavy atom. The smallest absolute Gasteiger partial charge is 0.306 e. The average Bonchev–Trinajstić information content (AvgIpc) is 3.40. The molecule has 0 aromatic heterocycles. The van der Waals surface area contributed by atoms with Gasteiger partial charge in [0, 0.05) is 19.3 Å². The summed E-state index contributed by atoms with van der Waals surface area (Å²) in [6, 6.07) is 0. The van der Waals surface area contributed by atoms with E-state index in [9.17, 15) is 14.4 Å². The number of rotatable bonds is 60. The standard InChI is InChI=1S/C68H124O6/c1-4-7-10-13-16-19-22-25-28-29-30-31-32-33-34-35-36-37-38-39-41-43-46-49-52-55-58-61-67(70)73-64-65(63-72-66(69)60-57-54-51-48-45-42-27-24-21-18-15-12-9-6-3)74-68(71)62-59-56-53-50-47-44-40-26-23-20-17-14-11-8-5-2/h22,24-27,29-30,40,65H,4-21,23,28,31-39,41-64H2,1-3H3/b25-22-,27-24-,30-29-,40-26-. The van der Waals surface area contributed by atoms with Crippen molar-refractivity contribution in [3.05, 3.63) is 48.6 Å². The van der Waals surface area contributed by atoms with E-state index in [4.69, 9.17) is 14.2 Å². The number of unbranched alkanes of at least 4 members (excludes halogenated alkanes) is 41. The van der Waals surface area contributed by atoms with Crippen LogP contribution in [0.1, 0.15) is 348 Å². The van der Waals surface area contributed by atoms with Crippen LogP contribution in [0.25, 0.3) is 0 Å². The Labute approximate surface area is 460 Å². The van der Waals surface area contributed by atoms with Gasteiger partial charge >= 0.3 is 17.9 Å². The molecule has 0 aromatic carbocycles. The highest BCUT2D eigenvalue weighted by atomic mass is 16.6. The molecule has 6 heteroatoms. The molecule has 1 unspecified atom stereocenters. The van der Waals surface area contributed by atoms with E-state index in [0.29, 0.717) is 19.3 Å². The molecule has 1 atom stereocenters. The first-order valence-corrected chi connectivity index (χ1v) is 32.6. The van der Waals surface area contributed by atoms with E-state index in [1.165, 1.54) is 231 Å². The van der Waals surface area contributed by atoms with E-state index < -0.39 is 6.10 Å². The Balaban J connectivity index is 4.23. The molecule has 0 aromatic rings. The molecule has 0 N–H and O–H groups in total. The second-order valence-corrected chi connectivity index (χ2v) is 22.0. The Morgan fingerprint density at radius 1 is 0.270 bits per heavy atom. The number of allylic oxidation sites excluding steroid dienone is 8. The summed E-state index contributed by atoms with van der Waals surface area (Å²) in [6.07, 6.45) is 78.4. The molecule has 0 aliphatic carbocycles. The molecule has 0 aliphatic heterocycles. The van der Waals surface area contributed by atoms with Crippen LogP contribution in [0.2, 0.25) is 0 Å². The molecule has 0 rings (SSSR count).